The van der Waals surface area contributed by atoms with Gasteiger partial charge in [-0.05, 0) is 13.0 Å². The van der Waals surface area contributed by atoms with Crippen LogP contribution in [-0.4, -0.2) is 34.1 Å². The molecule has 0 bridgehead atoms. The van der Waals surface area contributed by atoms with Crippen LogP contribution in [0.1, 0.15) is 18.5 Å². The zero-order valence-corrected chi connectivity index (χ0v) is 14.2. The number of methoxy groups -OCH3 is 1. The molecule has 0 fully saturated rings. The molecule has 0 spiro atoms. The number of hydrogen-bond acceptors (Lipinski definition) is 4. The van der Waals surface area contributed by atoms with Gasteiger partial charge in [0.25, 0.3) is 5.56 Å². The van der Waals surface area contributed by atoms with Crippen molar-refractivity contribution in [2.75, 3.05) is 14.2 Å². The summed E-state index contributed by atoms with van der Waals surface area (Å²) in [6.45, 7) is 1.75. The van der Waals surface area contributed by atoms with Gasteiger partial charge in [-0.15, -0.1) is 0 Å². The Bertz CT molecular complexity index is 853. The zero-order chi connectivity index (χ0) is 17.9. The Balaban J connectivity index is 2.22. The maximum Gasteiger partial charge on any atom is 0.331 e. The first-order chi connectivity index (χ1) is 11.4. The van der Waals surface area contributed by atoms with Gasteiger partial charge in [0.15, 0.2) is 0 Å². The smallest absolute Gasteiger partial charge is 0.331 e. The highest BCUT2D eigenvalue weighted by atomic mass is 16.5. The summed E-state index contributed by atoms with van der Waals surface area (Å²) in [5.74, 6) is 0.457. The van der Waals surface area contributed by atoms with Crippen molar-refractivity contribution in [3.05, 3.63) is 62.9 Å². The lowest BCUT2D eigenvalue weighted by Crippen LogP contribution is -2.41. The Morgan fingerprint density at radius 3 is 2.58 bits per heavy atom. The van der Waals surface area contributed by atoms with Gasteiger partial charge in [-0.25, -0.2) is 4.79 Å². The summed E-state index contributed by atoms with van der Waals surface area (Å²) in [6.07, 6.45) is 1.34. The molecule has 128 valence electrons. The zero-order valence-electron chi connectivity index (χ0n) is 14.2. The molecule has 1 amide bonds. The molecular weight excluding hydrogens is 310 g/mol. The second-order valence-corrected chi connectivity index (χ2v) is 5.55. The van der Waals surface area contributed by atoms with Gasteiger partial charge >= 0.3 is 5.69 Å². The molecule has 1 atom stereocenters. The van der Waals surface area contributed by atoms with Crippen LogP contribution >= 0.6 is 0 Å². The van der Waals surface area contributed by atoms with Crippen molar-refractivity contribution in [1.82, 2.24) is 14.0 Å². The first-order valence-corrected chi connectivity index (χ1v) is 7.52. The topological polar surface area (TPSA) is 73.5 Å². The number of carbonyl (C=O) groups excluding carboxylic acids is 1. The highest BCUT2D eigenvalue weighted by molar-refractivity contribution is 5.76. The van der Waals surface area contributed by atoms with Gasteiger partial charge in [-0.3, -0.25) is 18.7 Å². The first-order valence-electron chi connectivity index (χ1n) is 7.52. The van der Waals surface area contributed by atoms with Crippen molar-refractivity contribution in [2.45, 2.75) is 19.5 Å². The molecular formula is C17H21N3O4. The lowest BCUT2D eigenvalue weighted by Gasteiger charge is -2.27. The van der Waals surface area contributed by atoms with Crippen molar-refractivity contribution in [1.29, 1.82) is 0 Å². The van der Waals surface area contributed by atoms with Gasteiger partial charge in [0, 0.05) is 31.9 Å². The molecule has 0 aliphatic carbocycles. The van der Waals surface area contributed by atoms with E-state index in [2.05, 4.69) is 0 Å². The minimum atomic E-state index is -0.519. The summed E-state index contributed by atoms with van der Waals surface area (Å²) in [7, 11) is 4.64. The number of carbonyl (C=O) groups is 1. The molecule has 0 saturated heterocycles. The molecule has 1 aromatic carbocycles. The second kappa shape index (κ2) is 7.16. The molecule has 0 unspecified atom stereocenters. The summed E-state index contributed by atoms with van der Waals surface area (Å²) < 4.78 is 7.52. The Kier molecular flexibility index (Phi) is 5.23. The Morgan fingerprint density at radius 1 is 1.25 bits per heavy atom. The van der Waals surface area contributed by atoms with Crippen molar-refractivity contribution in [3.8, 4) is 5.75 Å². The van der Waals surface area contributed by atoms with Crippen LogP contribution in [0.4, 0.5) is 0 Å². The van der Waals surface area contributed by atoms with Gasteiger partial charge in [-0.1, -0.05) is 18.2 Å². The van der Waals surface area contributed by atoms with E-state index in [0.717, 1.165) is 10.1 Å². The number of para-hydroxylation sites is 1. The average Bonchev–Trinajstić information content (AvgIpc) is 2.60. The lowest BCUT2D eigenvalue weighted by molar-refractivity contribution is -0.132. The molecule has 0 aliphatic heterocycles. The van der Waals surface area contributed by atoms with E-state index in [1.165, 1.54) is 23.9 Å². The molecule has 2 aromatic rings. The molecule has 0 saturated carbocycles. The van der Waals surface area contributed by atoms with Crippen LogP contribution in [0, 0.1) is 0 Å². The minimum absolute atomic E-state index is 0.136. The van der Waals surface area contributed by atoms with Crippen LogP contribution in [0.5, 0.6) is 5.75 Å². The molecule has 7 heteroatoms. The number of ether oxygens (including phenoxy) is 1. The third-order valence-corrected chi connectivity index (χ3v) is 4.13. The maximum atomic E-state index is 12.5. The summed E-state index contributed by atoms with van der Waals surface area (Å²) in [6, 6.07) is 8.51. The fourth-order valence-corrected chi connectivity index (χ4v) is 2.43. The normalized spacial score (nSPS) is 11.8. The van der Waals surface area contributed by atoms with Crippen molar-refractivity contribution in [3.63, 3.8) is 0 Å². The van der Waals surface area contributed by atoms with Crippen molar-refractivity contribution in [2.24, 2.45) is 7.05 Å². The van der Waals surface area contributed by atoms with Crippen LogP contribution < -0.4 is 16.0 Å². The van der Waals surface area contributed by atoms with E-state index in [4.69, 9.17) is 4.74 Å². The summed E-state index contributed by atoms with van der Waals surface area (Å²) in [4.78, 5) is 37.5. The van der Waals surface area contributed by atoms with Gasteiger partial charge < -0.3 is 9.64 Å². The number of rotatable bonds is 5. The molecule has 7 nitrogen and oxygen atoms in total. The third-order valence-electron chi connectivity index (χ3n) is 4.13. The highest BCUT2D eigenvalue weighted by Gasteiger charge is 2.20. The fourth-order valence-electron chi connectivity index (χ4n) is 2.43. The SMILES string of the molecule is COc1ccccc1[C@H](C)N(C)C(=O)Cn1ccc(=O)n(C)c1=O. The van der Waals surface area contributed by atoms with Crippen LogP contribution in [0.15, 0.2) is 46.1 Å². The largest absolute Gasteiger partial charge is 0.496 e. The van der Waals surface area contributed by atoms with E-state index in [-0.39, 0.29) is 18.5 Å². The first kappa shape index (κ1) is 17.5. The van der Waals surface area contributed by atoms with Gasteiger partial charge in [0.2, 0.25) is 5.91 Å². The van der Waals surface area contributed by atoms with Crippen molar-refractivity contribution >= 4 is 5.91 Å². The molecule has 2 rings (SSSR count). The summed E-state index contributed by atoms with van der Waals surface area (Å²) in [5.41, 5.74) is -0.0442. The monoisotopic (exact) mass is 331 g/mol. The number of aromatic nitrogens is 2. The minimum Gasteiger partial charge on any atom is -0.496 e. The lowest BCUT2D eigenvalue weighted by atomic mass is 10.1. The molecule has 24 heavy (non-hydrogen) atoms. The summed E-state index contributed by atoms with van der Waals surface area (Å²) in [5, 5.41) is 0. The number of hydrogen-bond donors (Lipinski definition) is 0. The van der Waals surface area contributed by atoms with Crippen LogP contribution in [0.3, 0.4) is 0 Å². The van der Waals surface area contributed by atoms with E-state index in [1.54, 1.807) is 19.1 Å². The number of benzene rings is 1. The number of amides is 1. The standard InChI is InChI=1S/C17H21N3O4/c1-12(13-7-5-6-8-14(13)24-4)18(2)16(22)11-20-10-9-15(21)19(3)17(20)23/h5-10,12H,11H2,1-4H3/t12-/m0/s1. The van der Waals surface area contributed by atoms with Crippen LogP contribution in [0.2, 0.25) is 0 Å². The molecule has 1 aromatic heterocycles. The molecule has 0 N–H and O–H groups in total. The molecule has 0 radical (unpaired) electrons. The maximum absolute atomic E-state index is 12.5. The summed E-state index contributed by atoms with van der Waals surface area (Å²) >= 11 is 0. The van der Waals surface area contributed by atoms with E-state index >= 15 is 0 Å². The Hall–Kier alpha value is -2.83. The third kappa shape index (κ3) is 3.40. The van der Waals surface area contributed by atoms with E-state index in [9.17, 15) is 14.4 Å². The van der Waals surface area contributed by atoms with Crippen LogP contribution in [0.25, 0.3) is 0 Å². The quantitative estimate of drug-likeness (QED) is 0.811. The van der Waals surface area contributed by atoms with Gasteiger partial charge in [0.05, 0.1) is 13.2 Å². The molecule has 1 heterocycles. The van der Waals surface area contributed by atoms with Gasteiger partial charge in [0.1, 0.15) is 12.3 Å². The fraction of sp³-hybridized carbons (Fsp3) is 0.353. The van der Waals surface area contributed by atoms with Crippen molar-refractivity contribution < 1.29 is 9.53 Å². The predicted octanol–water partition coefficient (Wildman–Crippen LogP) is 0.775. The van der Waals surface area contributed by atoms with E-state index in [1.807, 2.05) is 31.2 Å². The highest BCUT2D eigenvalue weighted by Crippen LogP contribution is 2.28. The predicted molar refractivity (Wildman–Crippen MR) is 90.1 cm³/mol. The number of nitrogens with zero attached hydrogens (tertiary/aromatic N) is 3. The van der Waals surface area contributed by atoms with E-state index < -0.39 is 11.2 Å². The Labute approximate surface area is 139 Å². The van der Waals surface area contributed by atoms with Crippen LogP contribution in [-0.2, 0) is 18.4 Å². The average molecular weight is 331 g/mol. The van der Waals surface area contributed by atoms with Gasteiger partial charge in [-0.2, -0.15) is 0 Å². The number of likely N-dealkylation sites (N-methyl/N-ethyl adjacent to an activating group) is 1. The Morgan fingerprint density at radius 2 is 1.92 bits per heavy atom. The van der Waals surface area contributed by atoms with E-state index in [0.29, 0.717) is 5.75 Å². The second-order valence-electron chi connectivity index (χ2n) is 5.55. The molecule has 0 aliphatic rings.